The van der Waals surface area contributed by atoms with Crippen molar-refractivity contribution >= 4 is 33.3 Å². The number of hydrogen-bond acceptors (Lipinski definition) is 5. The molecule has 2 heterocycles. The molecular formula is C17H25N3OS2. The van der Waals surface area contributed by atoms with Crippen molar-refractivity contribution in [2.45, 2.75) is 51.6 Å². The number of rotatable bonds is 7. The van der Waals surface area contributed by atoms with Crippen LogP contribution in [0.5, 0.6) is 0 Å². The minimum Gasteiger partial charge on any atom is -0.313 e. The van der Waals surface area contributed by atoms with Crippen molar-refractivity contribution in [2.24, 2.45) is 0 Å². The fourth-order valence-corrected chi connectivity index (χ4v) is 4.81. The Balaban J connectivity index is 1.84. The van der Waals surface area contributed by atoms with E-state index in [1.807, 2.05) is 11.8 Å². The van der Waals surface area contributed by atoms with E-state index in [2.05, 4.69) is 23.5 Å². The Hall–Kier alpha value is -0.850. The highest BCUT2D eigenvalue weighted by atomic mass is 32.2. The lowest BCUT2D eigenvalue weighted by Crippen LogP contribution is -2.35. The molecule has 0 bridgehead atoms. The van der Waals surface area contributed by atoms with Gasteiger partial charge in [0.25, 0.3) is 5.56 Å². The zero-order chi connectivity index (χ0) is 16.2. The summed E-state index contributed by atoms with van der Waals surface area (Å²) in [7, 11) is 0. The Morgan fingerprint density at radius 3 is 3.17 bits per heavy atom. The first-order valence-electron chi connectivity index (χ1n) is 8.46. The van der Waals surface area contributed by atoms with Crippen molar-refractivity contribution in [1.82, 2.24) is 14.9 Å². The lowest BCUT2D eigenvalue weighted by Gasteiger charge is -2.23. The zero-order valence-corrected chi connectivity index (χ0v) is 15.6. The van der Waals surface area contributed by atoms with E-state index in [1.54, 1.807) is 22.2 Å². The van der Waals surface area contributed by atoms with Gasteiger partial charge in [0.15, 0.2) is 0 Å². The van der Waals surface area contributed by atoms with Gasteiger partial charge in [-0.25, -0.2) is 4.98 Å². The molecule has 23 heavy (non-hydrogen) atoms. The fraction of sp³-hybridized carbons (Fsp3) is 0.647. The van der Waals surface area contributed by atoms with E-state index in [9.17, 15) is 4.79 Å². The third-order valence-electron chi connectivity index (χ3n) is 4.53. The summed E-state index contributed by atoms with van der Waals surface area (Å²) in [5.74, 6) is 1.15. The van der Waals surface area contributed by atoms with Crippen LogP contribution in [0.4, 0.5) is 0 Å². The molecule has 1 aliphatic carbocycles. The molecule has 3 rings (SSSR count). The largest absolute Gasteiger partial charge is 0.313 e. The highest BCUT2D eigenvalue weighted by molar-refractivity contribution is 7.98. The lowest BCUT2D eigenvalue weighted by atomic mass is 9.93. The van der Waals surface area contributed by atoms with Gasteiger partial charge in [0.05, 0.1) is 11.7 Å². The second kappa shape index (κ2) is 7.81. The molecule has 1 atom stereocenters. The smallest absolute Gasteiger partial charge is 0.262 e. The van der Waals surface area contributed by atoms with Crippen LogP contribution in [0.15, 0.2) is 11.1 Å². The van der Waals surface area contributed by atoms with Crippen LogP contribution in [-0.4, -0.2) is 34.1 Å². The second-order valence-electron chi connectivity index (χ2n) is 6.17. The van der Waals surface area contributed by atoms with Gasteiger partial charge < -0.3 is 5.32 Å². The first-order chi connectivity index (χ1) is 11.2. The summed E-state index contributed by atoms with van der Waals surface area (Å²) in [5.41, 5.74) is 1.44. The molecule has 0 amide bonds. The molecule has 0 fully saturated rings. The number of aryl methyl sites for hydroxylation is 2. The van der Waals surface area contributed by atoms with Gasteiger partial charge in [0.1, 0.15) is 4.83 Å². The highest BCUT2D eigenvalue weighted by Gasteiger charge is 2.24. The Labute approximate surface area is 145 Å². The first kappa shape index (κ1) is 17.0. The minimum atomic E-state index is 0.162. The number of hydrogen-bond donors (Lipinski definition) is 1. The van der Waals surface area contributed by atoms with E-state index < -0.39 is 0 Å². The van der Waals surface area contributed by atoms with Gasteiger partial charge in [-0.1, -0.05) is 13.3 Å². The third kappa shape index (κ3) is 3.64. The van der Waals surface area contributed by atoms with Crippen LogP contribution in [0.1, 0.15) is 36.6 Å². The Morgan fingerprint density at radius 2 is 2.39 bits per heavy atom. The van der Waals surface area contributed by atoms with Gasteiger partial charge in [-0.15, -0.1) is 11.3 Å². The van der Waals surface area contributed by atoms with Gasteiger partial charge >= 0.3 is 0 Å². The van der Waals surface area contributed by atoms with Crippen LogP contribution in [0.25, 0.3) is 10.2 Å². The summed E-state index contributed by atoms with van der Waals surface area (Å²) in [4.78, 5) is 19.6. The van der Waals surface area contributed by atoms with Gasteiger partial charge in [0, 0.05) is 29.8 Å². The van der Waals surface area contributed by atoms with Crippen molar-refractivity contribution in [3.8, 4) is 0 Å². The number of thioether (sulfide) groups is 1. The van der Waals surface area contributed by atoms with Gasteiger partial charge in [-0.3, -0.25) is 9.36 Å². The Kier molecular flexibility index (Phi) is 5.77. The average molecular weight is 352 g/mol. The number of fused-ring (bicyclic) bond motifs is 3. The number of thiophene rings is 1. The molecule has 0 aliphatic heterocycles. The molecule has 1 aliphatic rings. The van der Waals surface area contributed by atoms with Gasteiger partial charge in [0.2, 0.25) is 0 Å². The molecule has 0 spiro atoms. The van der Waals surface area contributed by atoms with Crippen molar-refractivity contribution < 1.29 is 0 Å². The van der Waals surface area contributed by atoms with Crippen LogP contribution in [0.3, 0.4) is 0 Å². The summed E-state index contributed by atoms with van der Waals surface area (Å²) in [6.45, 7) is 3.99. The number of unbranched alkanes of at least 4 members (excludes halogenated alkanes) is 1. The van der Waals surface area contributed by atoms with Crippen LogP contribution >= 0.6 is 23.1 Å². The molecular weight excluding hydrogens is 326 g/mol. The molecule has 4 nitrogen and oxygen atoms in total. The van der Waals surface area contributed by atoms with Crippen molar-refractivity contribution in [3.05, 3.63) is 27.1 Å². The lowest BCUT2D eigenvalue weighted by molar-refractivity contribution is 0.477. The molecule has 0 aromatic carbocycles. The molecule has 6 heteroatoms. The predicted octanol–water partition coefficient (Wildman–Crippen LogP) is 3.07. The Morgan fingerprint density at radius 1 is 1.52 bits per heavy atom. The van der Waals surface area contributed by atoms with Crippen LogP contribution < -0.4 is 10.9 Å². The quantitative estimate of drug-likeness (QED) is 0.779. The molecule has 0 saturated carbocycles. The van der Waals surface area contributed by atoms with E-state index in [0.29, 0.717) is 6.04 Å². The highest BCUT2D eigenvalue weighted by Crippen LogP contribution is 2.33. The zero-order valence-electron chi connectivity index (χ0n) is 13.9. The monoisotopic (exact) mass is 351 g/mol. The maximum absolute atomic E-state index is 12.8. The van der Waals surface area contributed by atoms with E-state index in [-0.39, 0.29) is 5.56 Å². The molecule has 1 unspecified atom stereocenters. The second-order valence-corrected chi connectivity index (χ2v) is 8.24. The molecule has 0 radical (unpaired) electrons. The van der Waals surface area contributed by atoms with E-state index in [0.717, 1.165) is 61.2 Å². The summed E-state index contributed by atoms with van der Waals surface area (Å²) in [6.07, 6.45) is 9.16. The van der Waals surface area contributed by atoms with Gasteiger partial charge in [-0.2, -0.15) is 11.8 Å². The molecule has 2 aromatic heterocycles. The minimum absolute atomic E-state index is 0.162. The first-order valence-corrected chi connectivity index (χ1v) is 10.7. The number of aromatic nitrogens is 2. The molecule has 2 aromatic rings. The summed E-state index contributed by atoms with van der Waals surface area (Å²) < 4.78 is 1.79. The van der Waals surface area contributed by atoms with E-state index in [1.165, 1.54) is 10.4 Å². The SMILES string of the molecule is CCCCn1cnc2sc3c(c2c1=O)CCC(NCCSC)C3. The summed E-state index contributed by atoms with van der Waals surface area (Å²) >= 11 is 3.60. The molecule has 1 N–H and O–H groups in total. The fourth-order valence-electron chi connectivity index (χ4n) is 3.23. The van der Waals surface area contributed by atoms with Crippen LogP contribution in [0, 0.1) is 0 Å². The van der Waals surface area contributed by atoms with Crippen LogP contribution in [-0.2, 0) is 19.4 Å². The normalized spacial score (nSPS) is 17.6. The van der Waals surface area contributed by atoms with Gasteiger partial charge in [-0.05, 0) is 37.5 Å². The van der Waals surface area contributed by atoms with Crippen molar-refractivity contribution in [1.29, 1.82) is 0 Å². The van der Waals surface area contributed by atoms with Crippen molar-refractivity contribution in [2.75, 3.05) is 18.6 Å². The van der Waals surface area contributed by atoms with Crippen molar-refractivity contribution in [3.63, 3.8) is 0 Å². The number of nitrogens with zero attached hydrogens (tertiary/aromatic N) is 2. The molecule has 0 saturated heterocycles. The summed E-state index contributed by atoms with van der Waals surface area (Å²) in [5, 5.41) is 4.54. The maximum Gasteiger partial charge on any atom is 0.262 e. The Bertz CT molecular complexity index is 722. The number of nitrogens with one attached hydrogen (secondary N) is 1. The third-order valence-corrected chi connectivity index (χ3v) is 6.30. The standard InChI is InChI=1S/C17H25N3OS2/c1-3-4-8-20-11-19-16-15(17(20)21)13-6-5-12(10-14(13)23-16)18-7-9-22-2/h11-12,18H,3-10H2,1-2H3. The molecule has 126 valence electrons. The average Bonchev–Trinajstić information content (AvgIpc) is 2.93. The maximum atomic E-state index is 12.8. The van der Waals surface area contributed by atoms with Crippen LogP contribution in [0.2, 0.25) is 0 Å². The topological polar surface area (TPSA) is 46.9 Å². The van der Waals surface area contributed by atoms with E-state index in [4.69, 9.17) is 0 Å². The summed E-state index contributed by atoms with van der Waals surface area (Å²) in [6, 6.07) is 0.546. The van der Waals surface area contributed by atoms with E-state index >= 15 is 0 Å². The predicted molar refractivity (Wildman–Crippen MR) is 101 cm³/mol.